The van der Waals surface area contributed by atoms with Crippen LogP contribution in [-0.2, 0) is 4.79 Å². The summed E-state index contributed by atoms with van der Waals surface area (Å²) in [6, 6.07) is 19.5. The van der Waals surface area contributed by atoms with Crippen molar-refractivity contribution in [2.45, 2.75) is 0 Å². The summed E-state index contributed by atoms with van der Waals surface area (Å²) in [7, 11) is 0. The molecular formula is C19H14N2O3. The fraction of sp³-hybridized carbons (Fsp3) is 0. The maximum atomic E-state index is 12.1. The Morgan fingerprint density at radius 1 is 0.958 bits per heavy atom. The number of carbonyl (C=O) groups excluding carboxylic acids is 1. The maximum absolute atomic E-state index is 12.1. The fourth-order valence-corrected chi connectivity index (χ4v) is 2.39. The first-order valence-corrected chi connectivity index (χ1v) is 7.35. The largest absolute Gasteiger partial charge is 0.322 e. The number of nitro benzene ring substituents is 1. The highest BCUT2D eigenvalue weighted by Crippen LogP contribution is 2.23. The number of fused-ring (bicyclic) bond motifs is 1. The molecule has 3 aromatic carbocycles. The molecule has 0 saturated carbocycles. The van der Waals surface area contributed by atoms with E-state index in [0.717, 1.165) is 16.5 Å². The summed E-state index contributed by atoms with van der Waals surface area (Å²) in [4.78, 5) is 22.3. The van der Waals surface area contributed by atoms with Crippen molar-refractivity contribution in [2.24, 2.45) is 0 Å². The number of hydrogen-bond acceptors (Lipinski definition) is 3. The molecule has 5 heteroatoms. The van der Waals surface area contributed by atoms with E-state index in [1.54, 1.807) is 18.2 Å². The lowest BCUT2D eigenvalue weighted by Crippen LogP contribution is -2.07. The van der Waals surface area contributed by atoms with Crippen LogP contribution in [0.3, 0.4) is 0 Å². The highest BCUT2D eigenvalue weighted by Gasteiger charge is 2.04. The van der Waals surface area contributed by atoms with Crippen molar-refractivity contribution >= 4 is 34.1 Å². The molecule has 0 heterocycles. The van der Waals surface area contributed by atoms with E-state index in [0.29, 0.717) is 5.56 Å². The average Bonchev–Trinajstić information content (AvgIpc) is 2.61. The molecule has 0 aromatic heterocycles. The number of anilines is 1. The third-order valence-corrected chi connectivity index (χ3v) is 3.58. The van der Waals surface area contributed by atoms with E-state index in [1.807, 2.05) is 42.5 Å². The van der Waals surface area contributed by atoms with Crippen LogP contribution < -0.4 is 5.32 Å². The number of nitrogens with one attached hydrogen (secondary N) is 1. The molecule has 3 rings (SSSR count). The van der Waals surface area contributed by atoms with Gasteiger partial charge in [-0.3, -0.25) is 14.9 Å². The van der Waals surface area contributed by atoms with Gasteiger partial charge in [0.15, 0.2) is 0 Å². The Morgan fingerprint density at radius 3 is 2.42 bits per heavy atom. The van der Waals surface area contributed by atoms with Gasteiger partial charge in [0.2, 0.25) is 5.91 Å². The molecule has 0 fully saturated rings. The molecule has 1 amide bonds. The number of amides is 1. The second-order valence-electron chi connectivity index (χ2n) is 5.20. The Labute approximate surface area is 138 Å². The van der Waals surface area contributed by atoms with E-state index in [2.05, 4.69) is 5.32 Å². The highest BCUT2D eigenvalue weighted by atomic mass is 16.6. The van der Waals surface area contributed by atoms with Crippen LogP contribution in [0.2, 0.25) is 0 Å². The lowest BCUT2D eigenvalue weighted by Gasteiger charge is -2.06. The molecular weight excluding hydrogens is 304 g/mol. The van der Waals surface area contributed by atoms with Gasteiger partial charge < -0.3 is 5.32 Å². The monoisotopic (exact) mass is 318 g/mol. The van der Waals surface area contributed by atoms with Crippen LogP contribution >= 0.6 is 0 Å². The van der Waals surface area contributed by atoms with Crippen molar-refractivity contribution in [3.05, 3.63) is 88.5 Å². The first-order chi connectivity index (χ1) is 11.6. The van der Waals surface area contributed by atoms with Crippen molar-refractivity contribution in [1.82, 2.24) is 0 Å². The molecule has 0 aliphatic rings. The van der Waals surface area contributed by atoms with Gasteiger partial charge in [0.25, 0.3) is 5.69 Å². The second-order valence-corrected chi connectivity index (χ2v) is 5.20. The molecule has 0 aliphatic heterocycles. The summed E-state index contributed by atoms with van der Waals surface area (Å²) >= 11 is 0. The Hall–Kier alpha value is -3.47. The third kappa shape index (κ3) is 3.47. The second kappa shape index (κ2) is 6.75. The molecule has 0 bridgehead atoms. The van der Waals surface area contributed by atoms with E-state index < -0.39 is 4.92 Å². The zero-order chi connectivity index (χ0) is 16.9. The van der Waals surface area contributed by atoms with E-state index in [-0.39, 0.29) is 11.6 Å². The number of hydrogen-bond donors (Lipinski definition) is 1. The van der Waals surface area contributed by atoms with Gasteiger partial charge >= 0.3 is 0 Å². The zero-order valence-corrected chi connectivity index (χ0v) is 12.7. The molecule has 1 N–H and O–H groups in total. The minimum absolute atomic E-state index is 0.0207. The Morgan fingerprint density at radius 2 is 1.67 bits per heavy atom. The number of carbonyl (C=O) groups is 1. The van der Waals surface area contributed by atoms with Gasteiger partial charge in [0.1, 0.15) is 0 Å². The van der Waals surface area contributed by atoms with Crippen molar-refractivity contribution in [1.29, 1.82) is 0 Å². The molecule has 24 heavy (non-hydrogen) atoms. The number of benzene rings is 3. The minimum atomic E-state index is -0.458. The lowest BCUT2D eigenvalue weighted by molar-refractivity contribution is -0.384. The van der Waals surface area contributed by atoms with Gasteiger partial charge in [-0.1, -0.05) is 36.4 Å². The number of non-ortho nitro benzene ring substituents is 1. The van der Waals surface area contributed by atoms with Gasteiger partial charge in [0.05, 0.1) is 4.92 Å². The Kier molecular flexibility index (Phi) is 4.34. The standard InChI is InChI=1S/C19H14N2O3/c22-19(13-10-14-8-11-16(12-9-14)21(23)24)20-18-7-3-5-15-4-1-2-6-17(15)18/h1-13H,(H,20,22)/b13-10+. The summed E-state index contributed by atoms with van der Waals surface area (Å²) in [6.07, 6.45) is 3.02. The summed E-state index contributed by atoms with van der Waals surface area (Å²) in [5, 5.41) is 15.5. The minimum Gasteiger partial charge on any atom is -0.322 e. The van der Waals surface area contributed by atoms with Crippen LogP contribution in [0, 0.1) is 10.1 Å². The van der Waals surface area contributed by atoms with E-state index in [1.165, 1.54) is 18.2 Å². The van der Waals surface area contributed by atoms with Gasteiger partial charge in [-0.2, -0.15) is 0 Å². The lowest BCUT2D eigenvalue weighted by atomic mass is 10.1. The van der Waals surface area contributed by atoms with Crippen LogP contribution in [0.25, 0.3) is 16.8 Å². The summed E-state index contributed by atoms with van der Waals surface area (Å²) in [5.41, 5.74) is 1.48. The SMILES string of the molecule is O=C(/C=C/c1ccc([N+](=O)[O-])cc1)Nc1cccc2ccccc12. The highest BCUT2D eigenvalue weighted by molar-refractivity contribution is 6.07. The van der Waals surface area contributed by atoms with Crippen molar-refractivity contribution in [3.63, 3.8) is 0 Å². The quantitative estimate of drug-likeness (QED) is 0.440. The van der Waals surface area contributed by atoms with Gasteiger partial charge in [-0.15, -0.1) is 0 Å². The number of nitrogens with zero attached hydrogens (tertiary/aromatic N) is 1. The van der Waals surface area contributed by atoms with Crippen LogP contribution in [0.1, 0.15) is 5.56 Å². The van der Waals surface area contributed by atoms with Crippen LogP contribution in [0.15, 0.2) is 72.8 Å². The fourth-order valence-electron chi connectivity index (χ4n) is 2.39. The number of rotatable bonds is 4. The smallest absolute Gasteiger partial charge is 0.269 e. The third-order valence-electron chi connectivity index (χ3n) is 3.58. The van der Waals surface area contributed by atoms with E-state index >= 15 is 0 Å². The summed E-state index contributed by atoms with van der Waals surface area (Å²) < 4.78 is 0. The van der Waals surface area contributed by atoms with Crippen molar-refractivity contribution < 1.29 is 9.72 Å². The molecule has 5 nitrogen and oxygen atoms in total. The normalized spacial score (nSPS) is 10.8. The topological polar surface area (TPSA) is 72.2 Å². The van der Waals surface area contributed by atoms with Crippen LogP contribution in [0.4, 0.5) is 11.4 Å². The predicted octanol–water partition coefficient (Wildman–Crippen LogP) is 4.40. The average molecular weight is 318 g/mol. The Balaban J connectivity index is 1.74. The molecule has 0 atom stereocenters. The molecule has 0 radical (unpaired) electrons. The number of nitro groups is 1. The molecule has 0 unspecified atom stereocenters. The first-order valence-electron chi connectivity index (χ1n) is 7.35. The summed E-state index contributed by atoms with van der Waals surface area (Å²) in [5.74, 6) is -0.260. The van der Waals surface area contributed by atoms with Gasteiger partial charge in [-0.25, -0.2) is 0 Å². The van der Waals surface area contributed by atoms with Crippen molar-refractivity contribution in [2.75, 3.05) is 5.32 Å². The van der Waals surface area contributed by atoms with E-state index in [4.69, 9.17) is 0 Å². The van der Waals surface area contributed by atoms with Gasteiger partial charge in [-0.05, 0) is 35.2 Å². The first kappa shape index (κ1) is 15.4. The van der Waals surface area contributed by atoms with Gasteiger partial charge in [0, 0.05) is 29.3 Å². The summed E-state index contributed by atoms with van der Waals surface area (Å²) in [6.45, 7) is 0. The molecule has 0 aliphatic carbocycles. The maximum Gasteiger partial charge on any atom is 0.269 e. The molecule has 0 spiro atoms. The Bertz CT molecular complexity index is 926. The van der Waals surface area contributed by atoms with Crippen molar-refractivity contribution in [3.8, 4) is 0 Å². The zero-order valence-electron chi connectivity index (χ0n) is 12.7. The molecule has 118 valence electrons. The van der Waals surface area contributed by atoms with Crippen LogP contribution in [0.5, 0.6) is 0 Å². The van der Waals surface area contributed by atoms with Crippen LogP contribution in [-0.4, -0.2) is 10.8 Å². The molecule has 3 aromatic rings. The predicted molar refractivity (Wildman–Crippen MR) is 94.7 cm³/mol. The molecule has 0 saturated heterocycles. The van der Waals surface area contributed by atoms with E-state index in [9.17, 15) is 14.9 Å².